The van der Waals surface area contributed by atoms with Crippen molar-refractivity contribution in [3.05, 3.63) is 309 Å². The van der Waals surface area contributed by atoms with Crippen LogP contribution in [0.4, 0.5) is 35.9 Å². The van der Waals surface area contributed by atoms with Crippen molar-refractivity contribution in [2.75, 3.05) is 0 Å². The molecule has 0 fully saturated rings. The van der Waals surface area contributed by atoms with E-state index in [9.17, 15) is 0 Å². The molecule has 0 radical (unpaired) electrons. The van der Waals surface area contributed by atoms with Gasteiger partial charge >= 0.3 is 0 Å². The highest BCUT2D eigenvalue weighted by atomic mass is 35.5. The van der Waals surface area contributed by atoms with E-state index in [4.69, 9.17) is 115 Å². The molecule has 0 spiro atoms. The van der Waals surface area contributed by atoms with Gasteiger partial charge in [0, 0.05) is 58.4 Å². The number of hydrogen-bond donors (Lipinski definition) is 14. The highest BCUT2D eigenvalue weighted by Crippen LogP contribution is 2.32. The largest absolute Gasteiger partial charge is 0.385 e. The summed E-state index contributed by atoms with van der Waals surface area (Å²) in [6.45, 7) is 23.2. The zero-order valence-corrected chi connectivity index (χ0v) is 84.8. The molecule has 0 aliphatic rings. The monoisotopic (exact) mass is 2040 g/mol. The molecule has 46 heteroatoms. The van der Waals surface area contributed by atoms with Crippen LogP contribution in [0.2, 0.25) is 5.02 Å². The Morgan fingerprint density at radius 3 is 0.884 bits per heavy atom. The Morgan fingerprint density at radius 1 is 0.297 bits per heavy atom. The SMILES string of the molecule is CC(Cl)(Cl)C(N)=NC(N)=Nc1nc2ccccc2s1.CCc1cccc(C(N)=NC(N)=Nc2nc3ccccc3s2)c1.Cc1nc(N=C(N)N=C(N)c2ccccc2)sc1C.Cc1nc(N=C(N)N=C(N)c2ccccc2)sc1C.Cc1nc(N=C(N)N=C(N)c2ccccc2)sc1C.Cc1nc(N=C(N)N=C(N)c2ccccc2Cl)sc1C.Cc1nc(N=C(N)N=C(N)c2ccccn2)sc1C. The van der Waals surface area contributed by atoms with E-state index < -0.39 is 4.33 Å². The van der Waals surface area contributed by atoms with Crippen LogP contribution in [0.25, 0.3) is 20.4 Å². The lowest BCUT2D eigenvalue weighted by Gasteiger charge is -2.11. The molecule has 0 unspecified atom stereocenters. The van der Waals surface area contributed by atoms with Gasteiger partial charge in [-0.05, 0) is 143 Å². The Bertz CT molecular complexity index is 6490. The second kappa shape index (κ2) is 52.2. The van der Waals surface area contributed by atoms with Gasteiger partial charge in [-0.1, -0.05) is 273 Å². The molecule has 28 N–H and O–H groups in total. The zero-order chi connectivity index (χ0) is 100. The topological polar surface area (TPSA) is 640 Å². The number of aryl methyl sites for hydroxylation is 11. The first-order chi connectivity index (χ1) is 65.7. The summed E-state index contributed by atoms with van der Waals surface area (Å²) in [5, 5.41) is 4.51. The number of aromatic nitrogens is 8. The van der Waals surface area contributed by atoms with E-state index in [0.29, 0.717) is 75.5 Å². The summed E-state index contributed by atoms with van der Waals surface area (Å²) in [5.74, 6) is 2.31. The number of alkyl halides is 2. The number of rotatable bonds is 15. The fourth-order valence-electron chi connectivity index (χ4n) is 10.5. The maximum atomic E-state index is 6.04. The van der Waals surface area contributed by atoms with Gasteiger partial charge in [0.2, 0.25) is 77.6 Å². The van der Waals surface area contributed by atoms with Gasteiger partial charge in [0.05, 0.1) is 53.9 Å². The van der Waals surface area contributed by atoms with Crippen LogP contribution in [0.1, 0.15) is 106 Å². The van der Waals surface area contributed by atoms with Gasteiger partial charge in [0.1, 0.15) is 40.7 Å². The van der Waals surface area contributed by atoms with E-state index in [0.717, 1.165) is 102 Å². The van der Waals surface area contributed by atoms with Crippen molar-refractivity contribution in [2.45, 2.75) is 93.8 Å². The van der Waals surface area contributed by atoms with E-state index >= 15 is 0 Å². The molecule has 0 aliphatic heterocycles. The fourth-order valence-corrected chi connectivity index (χ4v) is 16.4. The van der Waals surface area contributed by atoms with Gasteiger partial charge < -0.3 is 80.3 Å². The summed E-state index contributed by atoms with van der Waals surface area (Å²) >= 11 is 27.8. The summed E-state index contributed by atoms with van der Waals surface area (Å²) in [5.41, 5.74) is 93.3. The normalized spacial score (nSPS) is 12.9. The van der Waals surface area contributed by atoms with E-state index in [2.05, 4.69) is 123 Å². The second-order valence-electron chi connectivity index (χ2n) is 28.6. The first-order valence-electron chi connectivity index (χ1n) is 41.2. The van der Waals surface area contributed by atoms with Gasteiger partial charge in [0.25, 0.3) is 0 Å². The third-order valence-electron chi connectivity index (χ3n) is 18.1. The Labute approximate surface area is 839 Å². The lowest BCUT2D eigenvalue weighted by Crippen LogP contribution is -2.32. The number of thiazole rings is 7. The van der Waals surface area contributed by atoms with Crippen LogP contribution < -0.4 is 80.3 Å². The predicted octanol–water partition coefficient (Wildman–Crippen LogP) is 16.6. The number of para-hydroxylation sites is 2. The van der Waals surface area contributed by atoms with Crippen molar-refractivity contribution in [1.82, 2.24) is 39.9 Å². The lowest BCUT2D eigenvalue weighted by molar-refractivity contribution is 1.14. The molecular formula is C92H101Cl3N36S7. The molecule has 15 aromatic rings. The van der Waals surface area contributed by atoms with Gasteiger partial charge in [0.15, 0.2) is 10.2 Å². The molecule has 0 saturated carbocycles. The van der Waals surface area contributed by atoms with Crippen LogP contribution in [-0.2, 0) is 6.42 Å². The van der Waals surface area contributed by atoms with E-state index in [1.54, 1.807) is 30.5 Å². The van der Waals surface area contributed by atoms with Gasteiger partial charge in [-0.2, -0.15) is 69.9 Å². The highest BCUT2D eigenvalue weighted by molar-refractivity contribution is 7.22. The second-order valence-corrected chi connectivity index (χ2v) is 38.7. The molecular weight excluding hydrogens is 1940 g/mol. The molecule has 0 saturated heterocycles. The zero-order valence-electron chi connectivity index (χ0n) is 76.8. The van der Waals surface area contributed by atoms with Crippen LogP contribution in [-0.4, -0.2) is 127 Å². The number of benzene rings is 7. The number of nitrogens with zero attached hydrogens (tertiary/aromatic N) is 22. The number of fused-ring (bicyclic) bond motifs is 2. The van der Waals surface area contributed by atoms with Gasteiger partial charge in [-0.15, -0.1) is 0 Å². The molecule has 0 amide bonds. The summed E-state index contributed by atoms with van der Waals surface area (Å²) < 4.78 is 0.797. The number of pyridine rings is 1. The summed E-state index contributed by atoms with van der Waals surface area (Å²) in [6.07, 6.45) is 2.58. The average Bonchev–Trinajstić information content (AvgIpc) is 1.68. The van der Waals surface area contributed by atoms with Crippen LogP contribution in [0.15, 0.2) is 282 Å². The van der Waals surface area contributed by atoms with E-state index in [-0.39, 0.29) is 59.2 Å². The number of aliphatic imine (C=N–C) groups is 14. The van der Waals surface area contributed by atoms with Crippen LogP contribution in [0, 0.1) is 69.2 Å². The third-order valence-corrected chi connectivity index (χ3v) is 25.5. The average molecular weight is 2040 g/mol. The molecule has 7 aromatic carbocycles. The molecule has 8 heterocycles. The first-order valence-corrected chi connectivity index (χ1v) is 48.1. The Hall–Kier alpha value is -14.9. The van der Waals surface area contributed by atoms with Gasteiger partial charge in [-0.25, -0.2) is 34.9 Å². The first kappa shape index (κ1) is 107. The van der Waals surface area contributed by atoms with Crippen molar-refractivity contribution in [2.24, 2.45) is 150 Å². The van der Waals surface area contributed by atoms with Crippen LogP contribution >= 0.6 is 114 Å². The van der Waals surface area contributed by atoms with Crippen LogP contribution in [0.3, 0.4) is 0 Å². The van der Waals surface area contributed by atoms with Crippen molar-refractivity contribution in [3.63, 3.8) is 0 Å². The maximum Gasteiger partial charge on any atom is 0.224 e. The summed E-state index contributed by atoms with van der Waals surface area (Å²) in [7, 11) is 0. The molecule has 712 valence electrons. The Morgan fingerprint density at radius 2 is 0.580 bits per heavy atom. The van der Waals surface area contributed by atoms with Crippen molar-refractivity contribution in [1.29, 1.82) is 0 Å². The third kappa shape index (κ3) is 34.8. The number of guanidine groups is 7. The standard InChI is InChI=1S/C17H17N5S.C13H14ClN5S.3C13H15N5S.C12H14N6S.C11H11Cl2N5S/c1-2-11-6-5-7-12(10-11)15(18)21-16(19)22-17-20-13-8-3-4-9-14(13)23-17;1-7-8(2)20-13(17-7)19-12(16)18-11(15)9-5-3-4-6-10(9)14;3*1-8-9(2)19-13(16-8)18-12(15)17-11(14)10-6-4-3-5-7-10;1-7-8(2)19-12(16-7)18-11(14)17-10(13)9-5-3-4-6-15-9;1-11(12,13)8(14)17-9(15)18-10-16-6-4-2-3-5-7(6)19-10/h3-10H,2H2,1H3,(H4,18,19,20,21,22);3-6H,1-2H3,(H4,15,16,17,18,19);3*3-7H,1-2H3,(H4,14,15,16,17,18);3-6H,1-2H3,(H4,13,14,16,17,18);2-5H,1H3,(H4,14,15,16,17,18). The molecule has 0 atom stereocenters. The summed E-state index contributed by atoms with van der Waals surface area (Å²) in [4.78, 5) is 96.9. The molecule has 138 heavy (non-hydrogen) atoms. The Kier molecular flexibility index (Phi) is 40.4. The van der Waals surface area contributed by atoms with E-state index in [1.165, 1.54) is 91.8 Å². The Balaban J connectivity index is 0.000000180. The quantitative estimate of drug-likeness (QED) is 0.0257. The minimum Gasteiger partial charge on any atom is -0.385 e. The number of nitrogens with two attached hydrogens (primary N) is 14. The predicted molar refractivity (Wildman–Crippen MR) is 583 cm³/mol. The van der Waals surface area contributed by atoms with Gasteiger partial charge in [-0.3, -0.25) is 4.98 Å². The molecule has 0 aliphatic carbocycles. The minimum absolute atomic E-state index is 0.0156. The number of halogens is 3. The fraction of sp³-hybridized carbons (Fsp3) is 0.152. The number of hydrogen-bond acceptors (Lipinski definition) is 22. The number of amidine groups is 7. The van der Waals surface area contributed by atoms with Crippen LogP contribution in [0.5, 0.6) is 0 Å². The van der Waals surface area contributed by atoms with Crippen molar-refractivity contribution in [3.8, 4) is 0 Å². The maximum absolute atomic E-state index is 6.04. The molecule has 8 aromatic heterocycles. The minimum atomic E-state index is -1.28. The molecule has 15 rings (SSSR count). The lowest BCUT2D eigenvalue weighted by atomic mass is 10.1. The molecule has 0 bridgehead atoms. The highest BCUT2D eigenvalue weighted by Gasteiger charge is 2.23. The van der Waals surface area contributed by atoms with Crippen molar-refractivity contribution < 1.29 is 0 Å². The molecule has 36 nitrogen and oxygen atoms in total. The summed E-state index contributed by atoms with van der Waals surface area (Å²) in [6, 6.07) is 64.2. The van der Waals surface area contributed by atoms with E-state index in [1.807, 2.05) is 245 Å². The van der Waals surface area contributed by atoms with Crippen molar-refractivity contribution >= 4 is 253 Å². The smallest absolute Gasteiger partial charge is 0.224 e.